The summed E-state index contributed by atoms with van der Waals surface area (Å²) in [4.78, 5) is 12.1. The van der Waals surface area contributed by atoms with Gasteiger partial charge in [0.05, 0.1) is 19.9 Å². The highest BCUT2D eigenvalue weighted by Crippen LogP contribution is 2.22. The van der Waals surface area contributed by atoms with Crippen LogP contribution >= 0.6 is 15.9 Å². The van der Waals surface area contributed by atoms with Crippen molar-refractivity contribution in [1.29, 1.82) is 0 Å². The lowest BCUT2D eigenvalue weighted by atomic mass is 10.2. The summed E-state index contributed by atoms with van der Waals surface area (Å²) in [5.74, 6) is 1.13. The Morgan fingerprint density at radius 1 is 1.25 bits per heavy atom. The van der Waals surface area contributed by atoms with Crippen molar-refractivity contribution in [3.63, 3.8) is 0 Å². The average molecular weight is 391 g/mol. The zero-order chi connectivity index (χ0) is 17.4. The molecule has 0 saturated heterocycles. The Bertz CT molecular complexity index is 715. The molecule has 126 valence electrons. The molecule has 1 amide bonds. The summed E-state index contributed by atoms with van der Waals surface area (Å²) in [7, 11) is 1.58. The van der Waals surface area contributed by atoms with Gasteiger partial charge in [-0.2, -0.15) is 5.10 Å². The average Bonchev–Trinajstić information content (AvgIpc) is 2.61. The van der Waals surface area contributed by atoms with Crippen molar-refractivity contribution in [2.75, 3.05) is 13.7 Å². The van der Waals surface area contributed by atoms with Crippen molar-refractivity contribution in [1.82, 2.24) is 5.43 Å². The molecule has 0 unspecified atom stereocenters. The molecule has 0 aliphatic carbocycles. The number of hydrogen-bond acceptors (Lipinski definition) is 4. The Balaban J connectivity index is 2.04. The molecule has 2 aromatic carbocycles. The topological polar surface area (TPSA) is 59.9 Å². The van der Waals surface area contributed by atoms with E-state index in [1.54, 1.807) is 37.6 Å². The first-order valence-electron chi connectivity index (χ1n) is 7.54. The van der Waals surface area contributed by atoms with Gasteiger partial charge in [-0.3, -0.25) is 4.79 Å². The minimum absolute atomic E-state index is 0.292. The Morgan fingerprint density at radius 3 is 2.67 bits per heavy atom. The van der Waals surface area contributed by atoms with Crippen LogP contribution in [0.25, 0.3) is 0 Å². The van der Waals surface area contributed by atoms with E-state index in [2.05, 4.69) is 26.5 Å². The number of amides is 1. The van der Waals surface area contributed by atoms with Crippen molar-refractivity contribution in [3.05, 3.63) is 58.1 Å². The molecule has 6 heteroatoms. The molecule has 0 radical (unpaired) electrons. The Hall–Kier alpha value is -2.34. The fraction of sp³-hybridized carbons (Fsp3) is 0.222. The molecule has 24 heavy (non-hydrogen) atoms. The second kappa shape index (κ2) is 9.08. The van der Waals surface area contributed by atoms with Gasteiger partial charge in [-0.15, -0.1) is 0 Å². The molecule has 2 aromatic rings. The number of carbonyl (C=O) groups excluding carboxylic acids is 1. The van der Waals surface area contributed by atoms with Crippen LogP contribution in [-0.2, 0) is 0 Å². The summed E-state index contributed by atoms with van der Waals surface area (Å²) in [5, 5.41) is 4.01. The highest BCUT2D eigenvalue weighted by Gasteiger charge is 2.05. The largest absolute Gasteiger partial charge is 0.497 e. The first kappa shape index (κ1) is 18.0. The fourth-order valence-corrected chi connectivity index (χ4v) is 2.31. The molecule has 5 nitrogen and oxygen atoms in total. The van der Waals surface area contributed by atoms with Crippen molar-refractivity contribution < 1.29 is 14.3 Å². The molecule has 0 atom stereocenters. The first-order valence-corrected chi connectivity index (χ1v) is 8.33. The molecular formula is C18H19BrN2O3. The number of halogens is 1. The van der Waals surface area contributed by atoms with Crippen LogP contribution in [0, 0.1) is 0 Å². The SMILES string of the molecule is CCCOc1ccc(Br)cc1C=NNC(=O)c1ccc(OC)cc1. The summed E-state index contributed by atoms with van der Waals surface area (Å²) in [5.41, 5.74) is 3.80. The fourth-order valence-electron chi connectivity index (χ4n) is 1.93. The van der Waals surface area contributed by atoms with E-state index in [0.29, 0.717) is 17.9 Å². The maximum atomic E-state index is 12.1. The quantitative estimate of drug-likeness (QED) is 0.573. The molecule has 0 spiro atoms. The minimum atomic E-state index is -0.292. The molecule has 0 fully saturated rings. The van der Waals surface area contributed by atoms with Gasteiger partial charge in [-0.25, -0.2) is 5.43 Å². The number of ether oxygens (including phenoxy) is 2. The van der Waals surface area contributed by atoms with Gasteiger partial charge in [0, 0.05) is 15.6 Å². The van der Waals surface area contributed by atoms with Crippen LogP contribution in [0.5, 0.6) is 11.5 Å². The summed E-state index contributed by atoms with van der Waals surface area (Å²) < 4.78 is 11.6. The van der Waals surface area contributed by atoms with Crippen LogP contribution in [0.1, 0.15) is 29.3 Å². The molecule has 0 heterocycles. The number of methoxy groups -OCH3 is 1. The molecule has 2 rings (SSSR count). The van der Waals surface area contributed by atoms with Crippen molar-refractivity contribution >= 4 is 28.1 Å². The monoisotopic (exact) mass is 390 g/mol. The van der Waals surface area contributed by atoms with E-state index < -0.39 is 0 Å². The van der Waals surface area contributed by atoms with Crippen LogP contribution in [-0.4, -0.2) is 25.8 Å². The van der Waals surface area contributed by atoms with Gasteiger partial charge in [0.15, 0.2) is 0 Å². The smallest absolute Gasteiger partial charge is 0.271 e. The molecule has 0 aliphatic heterocycles. The number of nitrogens with one attached hydrogen (secondary N) is 1. The maximum absolute atomic E-state index is 12.1. The van der Waals surface area contributed by atoms with Gasteiger partial charge in [-0.1, -0.05) is 22.9 Å². The zero-order valence-electron chi connectivity index (χ0n) is 13.6. The molecule has 0 aromatic heterocycles. The Labute approximate surface area is 149 Å². The first-order chi connectivity index (χ1) is 11.6. The zero-order valence-corrected chi connectivity index (χ0v) is 15.2. The van der Waals surface area contributed by atoms with Crippen molar-refractivity contribution in [3.8, 4) is 11.5 Å². The van der Waals surface area contributed by atoms with Crippen LogP contribution in [0.4, 0.5) is 0 Å². The number of nitrogens with zero attached hydrogens (tertiary/aromatic N) is 1. The number of hydrazone groups is 1. The van der Waals surface area contributed by atoms with E-state index in [0.717, 1.165) is 22.2 Å². The van der Waals surface area contributed by atoms with E-state index in [1.165, 1.54) is 0 Å². The van der Waals surface area contributed by atoms with Gasteiger partial charge in [0.25, 0.3) is 5.91 Å². The second-order valence-electron chi connectivity index (χ2n) is 4.96. The summed E-state index contributed by atoms with van der Waals surface area (Å²) in [6.45, 7) is 2.67. The maximum Gasteiger partial charge on any atom is 0.271 e. The van der Waals surface area contributed by atoms with Gasteiger partial charge < -0.3 is 9.47 Å². The Morgan fingerprint density at radius 2 is 2.00 bits per heavy atom. The number of benzene rings is 2. The van der Waals surface area contributed by atoms with Gasteiger partial charge in [-0.05, 0) is 48.9 Å². The molecule has 0 aliphatic rings. The third kappa shape index (κ3) is 5.09. The van der Waals surface area contributed by atoms with Crippen molar-refractivity contribution in [2.24, 2.45) is 5.10 Å². The van der Waals surface area contributed by atoms with Crippen LogP contribution in [0.3, 0.4) is 0 Å². The summed E-state index contributed by atoms with van der Waals surface area (Å²) >= 11 is 3.42. The minimum Gasteiger partial charge on any atom is -0.497 e. The molecule has 0 saturated carbocycles. The normalized spacial score (nSPS) is 10.6. The van der Waals surface area contributed by atoms with Crippen LogP contribution < -0.4 is 14.9 Å². The Kier molecular flexibility index (Phi) is 6.81. The summed E-state index contributed by atoms with van der Waals surface area (Å²) in [6, 6.07) is 12.5. The van der Waals surface area contributed by atoms with E-state index in [-0.39, 0.29) is 5.91 Å². The lowest BCUT2D eigenvalue weighted by Crippen LogP contribution is -2.17. The highest BCUT2D eigenvalue weighted by molar-refractivity contribution is 9.10. The number of hydrogen-bond donors (Lipinski definition) is 1. The van der Waals surface area contributed by atoms with Crippen LogP contribution in [0.15, 0.2) is 52.0 Å². The van der Waals surface area contributed by atoms with E-state index in [9.17, 15) is 4.79 Å². The van der Waals surface area contributed by atoms with Gasteiger partial charge in [0.2, 0.25) is 0 Å². The number of rotatable bonds is 7. The standard InChI is InChI=1S/C18H19BrN2O3/c1-3-10-24-17-9-6-15(19)11-14(17)12-20-21-18(22)13-4-7-16(23-2)8-5-13/h4-9,11-12H,3,10H2,1-2H3,(H,21,22). The van der Waals surface area contributed by atoms with Crippen molar-refractivity contribution in [2.45, 2.75) is 13.3 Å². The van der Waals surface area contributed by atoms with E-state index in [1.807, 2.05) is 25.1 Å². The van der Waals surface area contributed by atoms with Gasteiger partial charge in [0.1, 0.15) is 11.5 Å². The third-order valence-corrected chi connectivity index (χ3v) is 3.65. The van der Waals surface area contributed by atoms with Gasteiger partial charge >= 0.3 is 0 Å². The van der Waals surface area contributed by atoms with E-state index >= 15 is 0 Å². The lowest BCUT2D eigenvalue weighted by molar-refractivity contribution is 0.0955. The number of carbonyl (C=O) groups is 1. The van der Waals surface area contributed by atoms with E-state index in [4.69, 9.17) is 9.47 Å². The predicted molar refractivity (Wildman–Crippen MR) is 98.0 cm³/mol. The summed E-state index contributed by atoms with van der Waals surface area (Å²) in [6.07, 6.45) is 2.48. The predicted octanol–water partition coefficient (Wildman–Crippen LogP) is 4.01. The molecular weight excluding hydrogens is 372 g/mol. The van der Waals surface area contributed by atoms with Crippen LogP contribution in [0.2, 0.25) is 0 Å². The molecule has 1 N–H and O–H groups in total. The highest BCUT2D eigenvalue weighted by atomic mass is 79.9. The second-order valence-corrected chi connectivity index (χ2v) is 5.87. The molecule has 0 bridgehead atoms. The lowest BCUT2D eigenvalue weighted by Gasteiger charge is -2.08. The third-order valence-electron chi connectivity index (χ3n) is 3.16.